The van der Waals surface area contributed by atoms with E-state index in [2.05, 4.69) is 16.0 Å². The molecule has 0 radical (unpaired) electrons. The number of aromatic nitrogens is 1. The predicted octanol–water partition coefficient (Wildman–Crippen LogP) is 3.08. The van der Waals surface area contributed by atoms with Gasteiger partial charge in [-0.05, 0) is 56.5 Å². The van der Waals surface area contributed by atoms with Crippen LogP contribution >= 0.6 is 0 Å². The van der Waals surface area contributed by atoms with Crippen molar-refractivity contribution in [3.05, 3.63) is 47.7 Å². The van der Waals surface area contributed by atoms with E-state index in [0.717, 1.165) is 55.4 Å². The number of carbonyl (C=O) groups excluding carboxylic acids is 1. The first kappa shape index (κ1) is 19.0. The van der Waals surface area contributed by atoms with Gasteiger partial charge in [-0.2, -0.15) is 0 Å². The van der Waals surface area contributed by atoms with Crippen molar-refractivity contribution < 1.29 is 13.9 Å². The minimum Gasteiger partial charge on any atom is -0.497 e. The quantitative estimate of drug-likeness (QED) is 0.767. The van der Waals surface area contributed by atoms with E-state index >= 15 is 0 Å². The van der Waals surface area contributed by atoms with Gasteiger partial charge in [0.2, 0.25) is 5.91 Å². The molecule has 2 fully saturated rings. The Hall–Kier alpha value is -2.34. The van der Waals surface area contributed by atoms with Crippen LogP contribution in [0.15, 0.2) is 34.9 Å². The Kier molecular flexibility index (Phi) is 5.95. The van der Waals surface area contributed by atoms with Crippen LogP contribution in [-0.2, 0) is 11.2 Å². The highest BCUT2D eigenvalue weighted by atomic mass is 16.5. The molecular weight excluding hydrogens is 354 g/mol. The molecule has 3 heterocycles. The van der Waals surface area contributed by atoms with Gasteiger partial charge < -0.3 is 14.1 Å². The number of benzene rings is 1. The number of hydrogen-bond donors (Lipinski definition) is 0. The molecule has 150 valence electrons. The van der Waals surface area contributed by atoms with Crippen molar-refractivity contribution in [1.29, 1.82) is 0 Å². The molecule has 0 N–H and O–H groups in total. The maximum atomic E-state index is 12.7. The van der Waals surface area contributed by atoms with E-state index in [4.69, 9.17) is 9.15 Å². The predicted molar refractivity (Wildman–Crippen MR) is 107 cm³/mol. The SMILES string of the molecule is COc1cccc(Cc2cnc(C3CCCN(C(=O)CN4CCCC4)C3)o2)c1. The lowest BCUT2D eigenvalue weighted by atomic mass is 9.98. The van der Waals surface area contributed by atoms with Crippen LogP contribution in [0.2, 0.25) is 0 Å². The smallest absolute Gasteiger partial charge is 0.236 e. The number of piperidine rings is 1. The summed E-state index contributed by atoms with van der Waals surface area (Å²) in [6.07, 6.45) is 6.95. The van der Waals surface area contributed by atoms with Crippen LogP contribution < -0.4 is 4.74 Å². The first-order valence-electron chi connectivity index (χ1n) is 10.3. The van der Waals surface area contributed by atoms with Gasteiger partial charge in [-0.1, -0.05) is 12.1 Å². The summed E-state index contributed by atoms with van der Waals surface area (Å²) < 4.78 is 11.3. The Morgan fingerprint density at radius 1 is 1.25 bits per heavy atom. The summed E-state index contributed by atoms with van der Waals surface area (Å²) in [4.78, 5) is 21.5. The molecule has 0 aliphatic carbocycles. The minimum atomic E-state index is 0.190. The van der Waals surface area contributed by atoms with E-state index in [-0.39, 0.29) is 11.8 Å². The summed E-state index contributed by atoms with van der Waals surface area (Å²) in [6.45, 7) is 4.22. The van der Waals surface area contributed by atoms with Crippen LogP contribution in [-0.4, -0.2) is 60.5 Å². The zero-order valence-electron chi connectivity index (χ0n) is 16.6. The topological polar surface area (TPSA) is 58.8 Å². The Morgan fingerprint density at radius 3 is 2.93 bits per heavy atom. The monoisotopic (exact) mass is 383 g/mol. The van der Waals surface area contributed by atoms with Crippen molar-refractivity contribution in [3.63, 3.8) is 0 Å². The molecule has 2 saturated heterocycles. The van der Waals surface area contributed by atoms with Crippen molar-refractivity contribution in [1.82, 2.24) is 14.8 Å². The molecule has 0 saturated carbocycles. The Labute approximate surface area is 166 Å². The average molecular weight is 383 g/mol. The highest BCUT2D eigenvalue weighted by molar-refractivity contribution is 5.78. The average Bonchev–Trinajstić information content (AvgIpc) is 3.40. The summed E-state index contributed by atoms with van der Waals surface area (Å²) in [6, 6.07) is 7.99. The lowest BCUT2D eigenvalue weighted by molar-refractivity contribution is -0.133. The molecule has 1 unspecified atom stereocenters. The van der Waals surface area contributed by atoms with E-state index in [1.807, 2.05) is 29.3 Å². The molecule has 6 heteroatoms. The van der Waals surface area contributed by atoms with Crippen molar-refractivity contribution in [3.8, 4) is 5.75 Å². The fourth-order valence-corrected chi connectivity index (χ4v) is 4.21. The van der Waals surface area contributed by atoms with Crippen molar-refractivity contribution in [2.45, 2.75) is 38.0 Å². The number of amides is 1. The molecule has 0 spiro atoms. The van der Waals surface area contributed by atoms with Gasteiger partial charge in [0.15, 0.2) is 5.89 Å². The lowest BCUT2D eigenvalue weighted by Crippen LogP contribution is -2.44. The van der Waals surface area contributed by atoms with Gasteiger partial charge >= 0.3 is 0 Å². The van der Waals surface area contributed by atoms with Gasteiger partial charge in [0.05, 0.1) is 25.8 Å². The molecule has 1 atom stereocenters. The number of methoxy groups -OCH3 is 1. The Morgan fingerprint density at radius 2 is 2.11 bits per heavy atom. The maximum absolute atomic E-state index is 12.7. The Balaban J connectivity index is 1.36. The second-order valence-corrected chi connectivity index (χ2v) is 7.86. The molecular formula is C22H29N3O3. The standard InChI is InChI=1S/C22H29N3O3/c1-27-19-8-4-6-17(12-19)13-20-14-23-22(28-20)18-7-5-11-25(15-18)21(26)16-24-9-2-3-10-24/h4,6,8,12,14,18H,2-3,5,7,9-11,13,15-16H2,1H3. The highest BCUT2D eigenvalue weighted by Crippen LogP contribution is 2.28. The van der Waals surface area contributed by atoms with Crippen LogP contribution in [0, 0.1) is 0 Å². The highest BCUT2D eigenvalue weighted by Gasteiger charge is 2.29. The van der Waals surface area contributed by atoms with Gasteiger partial charge in [0, 0.05) is 19.5 Å². The van der Waals surface area contributed by atoms with E-state index < -0.39 is 0 Å². The van der Waals surface area contributed by atoms with Gasteiger partial charge in [-0.25, -0.2) is 4.98 Å². The summed E-state index contributed by atoms with van der Waals surface area (Å²) in [5.74, 6) is 2.89. The number of likely N-dealkylation sites (tertiary alicyclic amines) is 2. The first-order valence-corrected chi connectivity index (χ1v) is 10.3. The Bertz CT molecular complexity index is 798. The van der Waals surface area contributed by atoms with Crippen molar-refractivity contribution in [2.24, 2.45) is 0 Å². The van der Waals surface area contributed by atoms with E-state index in [1.54, 1.807) is 7.11 Å². The molecule has 2 aliphatic heterocycles. The zero-order chi connectivity index (χ0) is 19.3. The largest absolute Gasteiger partial charge is 0.497 e. The normalized spacial score (nSPS) is 20.5. The second kappa shape index (κ2) is 8.78. The summed E-state index contributed by atoms with van der Waals surface area (Å²) in [5.41, 5.74) is 1.13. The molecule has 2 aliphatic rings. The van der Waals surface area contributed by atoms with Gasteiger partial charge in [0.1, 0.15) is 11.5 Å². The summed E-state index contributed by atoms with van der Waals surface area (Å²) in [5, 5.41) is 0. The second-order valence-electron chi connectivity index (χ2n) is 7.86. The third-order valence-electron chi connectivity index (χ3n) is 5.76. The molecule has 28 heavy (non-hydrogen) atoms. The number of ether oxygens (including phenoxy) is 1. The summed E-state index contributed by atoms with van der Waals surface area (Å²) >= 11 is 0. The van der Waals surface area contributed by atoms with Gasteiger partial charge in [0.25, 0.3) is 0 Å². The third kappa shape index (κ3) is 4.55. The van der Waals surface area contributed by atoms with Crippen LogP contribution in [0.5, 0.6) is 5.75 Å². The molecule has 1 amide bonds. The van der Waals surface area contributed by atoms with Gasteiger partial charge in [-0.3, -0.25) is 9.69 Å². The van der Waals surface area contributed by atoms with Crippen LogP contribution in [0.3, 0.4) is 0 Å². The maximum Gasteiger partial charge on any atom is 0.236 e. The number of carbonyl (C=O) groups is 1. The van der Waals surface area contributed by atoms with E-state index in [1.165, 1.54) is 12.8 Å². The summed E-state index contributed by atoms with van der Waals surface area (Å²) in [7, 11) is 1.67. The van der Waals surface area contributed by atoms with Crippen LogP contribution in [0.25, 0.3) is 0 Å². The molecule has 6 nitrogen and oxygen atoms in total. The molecule has 4 rings (SSSR count). The fourth-order valence-electron chi connectivity index (χ4n) is 4.21. The van der Waals surface area contributed by atoms with Crippen LogP contribution in [0.4, 0.5) is 0 Å². The zero-order valence-corrected chi connectivity index (χ0v) is 16.6. The molecule has 0 bridgehead atoms. The molecule has 1 aromatic heterocycles. The number of hydrogen-bond acceptors (Lipinski definition) is 5. The van der Waals surface area contributed by atoms with E-state index in [9.17, 15) is 4.79 Å². The van der Waals surface area contributed by atoms with Crippen molar-refractivity contribution in [2.75, 3.05) is 39.8 Å². The molecule has 1 aromatic carbocycles. The van der Waals surface area contributed by atoms with Crippen molar-refractivity contribution >= 4 is 5.91 Å². The van der Waals surface area contributed by atoms with E-state index in [0.29, 0.717) is 19.5 Å². The number of rotatable bonds is 6. The third-order valence-corrected chi connectivity index (χ3v) is 5.76. The molecule has 2 aromatic rings. The van der Waals surface area contributed by atoms with Crippen LogP contribution in [0.1, 0.15) is 48.8 Å². The first-order chi connectivity index (χ1) is 13.7. The lowest BCUT2D eigenvalue weighted by Gasteiger charge is -2.32. The number of nitrogens with zero attached hydrogens (tertiary/aromatic N) is 3. The minimum absolute atomic E-state index is 0.190. The van der Waals surface area contributed by atoms with Gasteiger partial charge in [-0.15, -0.1) is 0 Å². The fraction of sp³-hybridized carbons (Fsp3) is 0.545. The number of oxazole rings is 1.